The van der Waals surface area contributed by atoms with Crippen molar-refractivity contribution in [1.29, 1.82) is 0 Å². The molecule has 0 amide bonds. The van der Waals surface area contributed by atoms with E-state index in [-0.39, 0.29) is 0 Å². The van der Waals surface area contributed by atoms with E-state index in [0.717, 1.165) is 25.0 Å². The summed E-state index contributed by atoms with van der Waals surface area (Å²) in [6.07, 6.45) is 16.4. The second-order valence-corrected chi connectivity index (χ2v) is 5.56. The largest absolute Gasteiger partial charge is 0.377 e. The fraction of sp³-hybridized carbons (Fsp3) is 0.647. The highest BCUT2D eigenvalue weighted by atomic mass is 16.5. The van der Waals surface area contributed by atoms with Crippen LogP contribution in [0, 0.1) is 23.7 Å². The average Bonchev–Trinajstić information content (AvgIpc) is 2.96. The van der Waals surface area contributed by atoms with E-state index in [0.29, 0.717) is 11.8 Å². The van der Waals surface area contributed by atoms with E-state index >= 15 is 0 Å². The van der Waals surface area contributed by atoms with Gasteiger partial charge in [-0.1, -0.05) is 43.7 Å². The molecule has 4 unspecified atom stereocenters. The van der Waals surface area contributed by atoms with Crippen LogP contribution in [0.4, 0.5) is 0 Å². The number of unbranched alkanes of at least 4 members (excludes halogenated alkanes) is 1. The van der Waals surface area contributed by atoms with Crippen LogP contribution in [0.1, 0.15) is 32.6 Å². The fourth-order valence-corrected chi connectivity index (χ4v) is 3.37. The maximum absolute atomic E-state index is 5.57. The van der Waals surface area contributed by atoms with Crippen molar-refractivity contribution in [1.82, 2.24) is 0 Å². The summed E-state index contributed by atoms with van der Waals surface area (Å²) in [5.41, 5.74) is 0. The first-order chi connectivity index (χ1) is 8.86. The van der Waals surface area contributed by atoms with Crippen LogP contribution in [0.15, 0.2) is 37.0 Å². The lowest BCUT2D eigenvalue weighted by Crippen LogP contribution is -2.09. The zero-order valence-electron chi connectivity index (χ0n) is 11.6. The molecule has 2 aliphatic carbocycles. The van der Waals surface area contributed by atoms with Crippen LogP contribution in [0.25, 0.3) is 0 Å². The Morgan fingerprint density at radius 1 is 1.39 bits per heavy atom. The summed E-state index contributed by atoms with van der Waals surface area (Å²) in [4.78, 5) is 0. The molecule has 0 spiro atoms. The van der Waals surface area contributed by atoms with E-state index in [1.54, 1.807) is 0 Å². The Morgan fingerprint density at radius 3 is 3.06 bits per heavy atom. The van der Waals surface area contributed by atoms with E-state index in [4.69, 9.17) is 4.74 Å². The molecular weight excluding hydrogens is 220 g/mol. The quantitative estimate of drug-likeness (QED) is 0.478. The first-order valence-electron chi connectivity index (χ1n) is 7.40. The molecule has 0 heterocycles. The Labute approximate surface area is 112 Å². The number of hydrogen-bond acceptors (Lipinski definition) is 1. The molecule has 2 rings (SSSR count). The van der Waals surface area contributed by atoms with Crippen molar-refractivity contribution in [3.8, 4) is 0 Å². The van der Waals surface area contributed by atoms with Crippen molar-refractivity contribution in [2.24, 2.45) is 23.7 Å². The maximum Gasteiger partial charge on any atom is 0.0647 e. The number of rotatable bonds is 7. The SMILES string of the molecule is C=CC1CC(/C=C/COCCCC)C2C=CCC12. The van der Waals surface area contributed by atoms with Crippen LogP contribution in [-0.4, -0.2) is 13.2 Å². The molecule has 4 atom stereocenters. The van der Waals surface area contributed by atoms with Crippen molar-refractivity contribution in [3.05, 3.63) is 37.0 Å². The molecular formula is C17H26O. The maximum atomic E-state index is 5.57. The highest BCUT2D eigenvalue weighted by Gasteiger charge is 2.40. The van der Waals surface area contributed by atoms with E-state index in [1.165, 1.54) is 25.7 Å². The smallest absolute Gasteiger partial charge is 0.0647 e. The van der Waals surface area contributed by atoms with Crippen molar-refractivity contribution in [2.75, 3.05) is 13.2 Å². The Bertz CT molecular complexity index is 316. The highest BCUT2D eigenvalue weighted by molar-refractivity contribution is 5.15. The van der Waals surface area contributed by atoms with Crippen LogP contribution in [0.2, 0.25) is 0 Å². The Hall–Kier alpha value is -0.820. The number of hydrogen-bond donors (Lipinski definition) is 0. The molecule has 18 heavy (non-hydrogen) atoms. The average molecular weight is 246 g/mol. The zero-order chi connectivity index (χ0) is 12.8. The van der Waals surface area contributed by atoms with Gasteiger partial charge in [-0.3, -0.25) is 0 Å². The van der Waals surface area contributed by atoms with Gasteiger partial charge in [0.05, 0.1) is 6.61 Å². The molecule has 0 N–H and O–H groups in total. The van der Waals surface area contributed by atoms with Gasteiger partial charge in [-0.25, -0.2) is 0 Å². The summed E-state index contributed by atoms with van der Waals surface area (Å²) in [6.45, 7) is 7.86. The summed E-state index contributed by atoms with van der Waals surface area (Å²) in [5, 5.41) is 0. The molecule has 0 aromatic heterocycles. The van der Waals surface area contributed by atoms with E-state index in [1.807, 2.05) is 0 Å². The van der Waals surface area contributed by atoms with Gasteiger partial charge >= 0.3 is 0 Å². The molecule has 1 nitrogen and oxygen atoms in total. The molecule has 0 aliphatic heterocycles. The number of ether oxygens (including phenoxy) is 1. The zero-order valence-corrected chi connectivity index (χ0v) is 11.6. The first-order valence-corrected chi connectivity index (χ1v) is 7.40. The van der Waals surface area contributed by atoms with Crippen molar-refractivity contribution in [3.63, 3.8) is 0 Å². The van der Waals surface area contributed by atoms with Gasteiger partial charge in [-0.15, -0.1) is 6.58 Å². The van der Waals surface area contributed by atoms with Gasteiger partial charge in [0.2, 0.25) is 0 Å². The van der Waals surface area contributed by atoms with Gasteiger partial charge in [-0.05, 0) is 42.9 Å². The minimum atomic E-state index is 0.700. The predicted molar refractivity (Wildman–Crippen MR) is 77.4 cm³/mol. The Kier molecular flexibility index (Phi) is 5.25. The topological polar surface area (TPSA) is 9.23 Å². The number of allylic oxidation sites excluding steroid dienone is 4. The normalized spacial score (nSPS) is 34.3. The summed E-state index contributed by atoms with van der Waals surface area (Å²) >= 11 is 0. The molecule has 0 radical (unpaired) electrons. The molecule has 100 valence electrons. The van der Waals surface area contributed by atoms with Gasteiger partial charge < -0.3 is 4.74 Å². The monoisotopic (exact) mass is 246 g/mol. The van der Waals surface area contributed by atoms with Crippen LogP contribution in [0.5, 0.6) is 0 Å². The highest BCUT2D eigenvalue weighted by Crippen LogP contribution is 2.48. The third kappa shape index (κ3) is 3.14. The molecule has 0 bridgehead atoms. The lowest BCUT2D eigenvalue weighted by molar-refractivity contribution is 0.158. The van der Waals surface area contributed by atoms with Crippen LogP contribution in [0.3, 0.4) is 0 Å². The minimum Gasteiger partial charge on any atom is -0.377 e. The summed E-state index contributed by atoms with van der Waals surface area (Å²) in [5.74, 6) is 2.98. The van der Waals surface area contributed by atoms with E-state index in [9.17, 15) is 0 Å². The van der Waals surface area contributed by atoms with E-state index in [2.05, 4.69) is 43.9 Å². The molecule has 1 heteroatoms. The summed E-state index contributed by atoms with van der Waals surface area (Å²) in [7, 11) is 0. The molecule has 1 fully saturated rings. The van der Waals surface area contributed by atoms with Crippen LogP contribution in [-0.2, 0) is 4.74 Å². The fourth-order valence-electron chi connectivity index (χ4n) is 3.37. The lowest BCUT2D eigenvalue weighted by Gasteiger charge is -2.15. The first kappa shape index (κ1) is 13.6. The third-order valence-corrected chi connectivity index (χ3v) is 4.39. The van der Waals surface area contributed by atoms with Crippen molar-refractivity contribution >= 4 is 0 Å². The standard InChI is InChI=1S/C17H26O/c1-3-5-11-18-12-7-8-15-13-14(4-2)16-9-6-10-17(15)16/h4,6-8,10,14-17H,2-3,5,9,11-13H2,1H3/b8-7+. The van der Waals surface area contributed by atoms with Crippen molar-refractivity contribution < 1.29 is 4.74 Å². The Morgan fingerprint density at radius 2 is 2.28 bits per heavy atom. The molecule has 2 aliphatic rings. The predicted octanol–water partition coefficient (Wildman–Crippen LogP) is 4.37. The minimum absolute atomic E-state index is 0.700. The summed E-state index contributed by atoms with van der Waals surface area (Å²) < 4.78 is 5.57. The van der Waals surface area contributed by atoms with Crippen molar-refractivity contribution in [2.45, 2.75) is 32.6 Å². The number of fused-ring (bicyclic) bond motifs is 1. The van der Waals surface area contributed by atoms with Gasteiger partial charge in [0.25, 0.3) is 0 Å². The Balaban J connectivity index is 1.77. The van der Waals surface area contributed by atoms with Gasteiger partial charge in [0, 0.05) is 6.61 Å². The molecule has 0 aromatic rings. The third-order valence-electron chi connectivity index (χ3n) is 4.39. The second kappa shape index (κ2) is 6.94. The van der Waals surface area contributed by atoms with Gasteiger partial charge in [-0.2, -0.15) is 0 Å². The second-order valence-electron chi connectivity index (χ2n) is 5.56. The summed E-state index contributed by atoms with van der Waals surface area (Å²) in [6, 6.07) is 0. The molecule has 0 saturated heterocycles. The van der Waals surface area contributed by atoms with Gasteiger partial charge in [0.15, 0.2) is 0 Å². The van der Waals surface area contributed by atoms with E-state index < -0.39 is 0 Å². The lowest BCUT2D eigenvalue weighted by atomic mass is 9.90. The van der Waals surface area contributed by atoms with Crippen LogP contribution >= 0.6 is 0 Å². The van der Waals surface area contributed by atoms with Gasteiger partial charge in [0.1, 0.15) is 0 Å². The van der Waals surface area contributed by atoms with Crippen LogP contribution < -0.4 is 0 Å². The molecule has 1 saturated carbocycles. The molecule has 0 aromatic carbocycles.